The maximum Gasteiger partial charge on any atom is 0.391 e. The zero-order valence-electron chi connectivity index (χ0n) is 17.7. The molecule has 1 saturated carbocycles. The standard InChI is InChI=1S/C22H18Cl2F7N3O/c23-17-5-4-11(6-18(17)24)19(35)34-20(32-15-3-1-2-14(25)10-15)33-16-8-12(21(26,27)28)7-13(9-16)22(29,30)31/h1-6,10,12-13,16H,7-9H2,(H2,32,33,34,35). The van der Waals surface area contributed by atoms with Crippen molar-refractivity contribution in [2.24, 2.45) is 16.8 Å². The normalized spacial score (nSPS) is 21.5. The molecule has 2 N–H and O–H groups in total. The highest BCUT2D eigenvalue weighted by molar-refractivity contribution is 6.42. The van der Waals surface area contributed by atoms with E-state index in [-0.39, 0.29) is 21.3 Å². The van der Waals surface area contributed by atoms with Crippen LogP contribution < -0.4 is 10.6 Å². The monoisotopic (exact) mass is 543 g/mol. The van der Waals surface area contributed by atoms with Gasteiger partial charge in [0.2, 0.25) is 5.96 Å². The van der Waals surface area contributed by atoms with Gasteiger partial charge in [0.1, 0.15) is 5.82 Å². The van der Waals surface area contributed by atoms with E-state index in [1.54, 1.807) is 0 Å². The molecule has 35 heavy (non-hydrogen) atoms. The molecule has 2 unspecified atom stereocenters. The number of nitrogens with zero attached hydrogens (tertiary/aromatic N) is 1. The highest BCUT2D eigenvalue weighted by atomic mass is 35.5. The van der Waals surface area contributed by atoms with Gasteiger partial charge in [0, 0.05) is 11.3 Å². The molecule has 0 aromatic heterocycles. The first-order valence-electron chi connectivity index (χ1n) is 10.2. The van der Waals surface area contributed by atoms with Crippen LogP contribution in [-0.4, -0.2) is 30.3 Å². The second-order valence-corrected chi connectivity index (χ2v) is 8.85. The van der Waals surface area contributed by atoms with Gasteiger partial charge in [0.25, 0.3) is 5.91 Å². The summed E-state index contributed by atoms with van der Waals surface area (Å²) in [5, 5.41) is 5.08. The Morgan fingerprint density at radius 1 is 0.886 bits per heavy atom. The Morgan fingerprint density at radius 3 is 2.06 bits per heavy atom. The van der Waals surface area contributed by atoms with Crippen LogP contribution in [0.1, 0.15) is 29.6 Å². The molecule has 4 nitrogen and oxygen atoms in total. The van der Waals surface area contributed by atoms with Gasteiger partial charge in [-0.05, 0) is 55.7 Å². The molecule has 13 heteroatoms. The van der Waals surface area contributed by atoms with Crippen molar-refractivity contribution in [1.29, 1.82) is 0 Å². The van der Waals surface area contributed by atoms with Gasteiger partial charge in [-0.25, -0.2) is 9.38 Å². The van der Waals surface area contributed by atoms with E-state index in [0.717, 1.165) is 12.1 Å². The van der Waals surface area contributed by atoms with Gasteiger partial charge in [-0.1, -0.05) is 29.3 Å². The van der Waals surface area contributed by atoms with E-state index in [9.17, 15) is 35.5 Å². The zero-order valence-corrected chi connectivity index (χ0v) is 19.2. The molecule has 0 bridgehead atoms. The number of benzene rings is 2. The van der Waals surface area contributed by atoms with Crippen molar-refractivity contribution < 1.29 is 35.5 Å². The third-order valence-electron chi connectivity index (χ3n) is 5.42. The van der Waals surface area contributed by atoms with Crippen molar-refractivity contribution in [2.75, 3.05) is 5.32 Å². The summed E-state index contributed by atoms with van der Waals surface area (Å²) in [6, 6.07) is 7.27. The average molecular weight is 544 g/mol. The molecule has 190 valence electrons. The topological polar surface area (TPSA) is 53.5 Å². The number of nitrogens with one attached hydrogen (secondary N) is 2. The van der Waals surface area contributed by atoms with E-state index in [0.29, 0.717) is 0 Å². The number of anilines is 1. The van der Waals surface area contributed by atoms with Crippen LogP contribution in [0.5, 0.6) is 0 Å². The molecule has 0 radical (unpaired) electrons. The van der Waals surface area contributed by atoms with E-state index in [2.05, 4.69) is 15.6 Å². The van der Waals surface area contributed by atoms with Crippen LogP contribution in [0.2, 0.25) is 10.0 Å². The fourth-order valence-corrected chi connectivity index (χ4v) is 4.03. The van der Waals surface area contributed by atoms with E-state index < -0.39 is 67.2 Å². The Kier molecular flexibility index (Phi) is 8.21. The number of alkyl halides is 6. The van der Waals surface area contributed by atoms with Crippen molar-refractivity contribution >= 4 is 40.8 Å². The molecule has 1 aliphatic carbocycles. The van der Waals surface area contributed by atoms with Gasteiger partial charge in [-0.2, -0.15) is 26.3 Å². The Balaban J connectivity index is 1.93. The summed E-state index contributed by atoms with van der Waals surface area (Å²) >= 11 is 11.7. The Morgan fingerprint density at radius 2 is 1.51 bits per heavy atom. The van der Waals surface area contributed by atoms with E-state index >= 15 is 0 Å². The van der Waals surface area contributed by atoms with E-state index in [4.69, 9.17) is 23.2 Å². The molecular formula is C22H18Cl2F7N3O. The van der Waals surface area contributed by atoms with Gasteiger partial charge in [-0.3, -0.25) is 10.1 Å². The Bertz CT molecular complexity index is 1080. The number of carbonyl (C=O) groups is 1. The number of hydrogen-bond donors (Lipinski definition) is 2. The third-order valence-corrected chi connectivity index (χ3v) is 6.16. The summed E-state index contributed by atoms with van der Waals surface area (Å²) < 4.78 is 93.7. The lowest BCUT2D eigenvalue weighted by Crippen LogP contribution is -2.42. The first-order chi connectivity index (χ1) is 16.2. The summed E-state index contributed by atoms with van der Waals surface area (Å²) in [6.45, 7) is 0. The van der Waals surface area contributed by atoms with Crippen molar-refractivity contribution in [1.82, 2.24) is 5.32 Å². The van der Waals surface area contributed by atoms with Gasteiger partial charge in [0.15, 0.2) is 0 Å². The number of halogens is 9. The average Bonchev–Trinajstić information content (AvgIpc) is 2.74. The lowest BCUT2D eigenvalue weighted by molar-refractivity contribution is -0.224. The quantitative estimate of drug-likeness (QED) is 0.243. The minimum Gasteiger partial charge on any atom is -0.326 e. The lowest BCUT2D eigenvalue weighted by Gasteiger charge is -2.35. The predicted molar refractivity (Wildman–Crippen MR) is 118 cm³/mol. The summed E-state index contributed by atoms with van der Waals surface area (Å²) in [7, 11) is 0. The van der Waals surface area contributed by atoms with Crippen LogP contribution >= 0.6 is 23.2 Å². The van der Waals surface area contributed by atoms with Gasteiger partial charge >= 0.3 is 12.4 Å². The van der Waals surface area contributed by atoms with Crippen LogP contribution in [0, 0.1) is 17.7 Å². The highest BCUT2D eigenvalue weighted by Crippen LogP contribution is 2.46. The molecule has 0 heterocycles. The van der Waals surface area contributed by atoms with Crippen LogP contribution in [-0.2, 0) is 0 Å². The van der Waals surface area contributed by atoms with E-state index in [1.165, 1.54) is 30.3 Å². The fraction of sp³-hybridized carbons (Fsp3) is 0.364. The number of carbonyl (C=O) groups excluding carboxylic acids is 1. The van der Waals surface area contributed by atoms with Crippen molar-refractivity contribution in [2.45, 2.75) is 37.7 Å². The van der Waals surface area contributed by atoms with Crippen molar-refractivity contribution in [3.05, 3.63) is 63.9 Å². The van der Waals surface area contributed by atoms with Gasteiger partial charge in [-0.15, -0.1) is 0 Å². The number of amides is 1. The Hall–Kier alpha value is -2.53. The van der Waals surface area contributed by atoms with Crippen LogP contribution in [0.3, 0.4) is 0 Å². The molecule has 0 saturated heterocycles. The zero-order chi connectivity index (χ0) is 26.0. The lowest BCUT2D eigenvalue weighted by atomic mass is 9.78. The number of guanidine groups is 1. The SMILES string of the molecule is O=C(NC(=NC1CC(C(F)(F)F)CC(C(F)(F)F)C1)Nc1cccc(F)c1)c1ccc(Cl)c(Cl)c1. The highest BCUT2D eigenvalue weighted by Gasteiger charge is 2.52. The van der Waals surface area contributed by atoms with Crippen LogP contribution in [0.4, 0.5) is 36.4 Å². The molecule has 2 atom stereocenters. The molecule has 2 aromatic carbocycles. The minimum absolute atomic E-state index is 0.00174. The predicted octanol–water partition coefficient (Wildman–Crippen LogP) is 7.24. The number of hydrogen-bond acceptors (Lipinski definition) is 2. The molecule has 2 aromatic rings. The maximum absolute atomic E-state index is 13.6. The van der Waals surface area contributed by atoms with E-state index in [1.807, 2.05) is 0 Å². The largest absolute Gasteiger partial charge is 0.391 e. The molecule has 0 aliphatic heterocycles. The number of rotatable bonds is 3. The molecule has 0 spiro atoms. The maximum atomic E-state index is 13.6. The molecule has 1 fully saturated rings. The summed E-state index contributed by atoms with van der Waals surface area (Å²) in [5.41, 5.74) is 0.0619. The molecular weight excluding hydrogens is 526 g/mol. The summed E-state index contributed by atoms with van der Waals surface area (Å²) in [4.78, 5) is 16.7. The summed E-state index contributed by atoms with van der Waals surface area (Å²) in [5.74, 6) is -6.38. The van der Waals surface area contributed by atoms with Gasteiger partial charge < -0.3 is 5.32 Å². The smallest absolute Gasteiger partial charge is 0.326 e. The number of aliphatic imine (C=N–C) groups is 1. The van der Waals surface area contributed by atoms with Crippen molar-refractivity contribution in [3.8, 4) is 0 Å². The van der Waals surface area contributed by atoms with Crippen LogP contribution in [0.25, 0.3) is 0 Å². The first-order valence-corrected chi connectivity index (χ1v) is 11.0. The molecule has 1 amide bonds. The van der Waals surface area contributed by atoms with Crippen LogP contribution in [0.15, 0.2) is 47.5 Å². The third kappa shape index (κ3) is 7.47. The van der Waals surface area contributed by atoms with Crippen molar-refractivity contribution in [3.63, 3.8) is 0 Å². The second kappa shape index (κ2) is 10.6. The fourth-order valence-electron chi connectivity index (χ4n) is 3.73. The second-order valence-electron chi connectivity index (χ2n) is 8.03. The summed E-state index contributed by atoms with van der Waals surface area (Å²) in [6.07, 6.45) is -12.2. The molecule has 3 rings (SSSR count). The van der Waals surface area contributed by atoms with Gasteiger partial charge in [0.05, 0.1) is 27.9 Å². The molecule has 1 aliphatic rings. The first kappa shape index (κ1) is 27.1. The Labute approximate surface area is 205 Å². The minimum atomic E-state index is -4.85.